The van der Waals surface area contributed by atoms with Gasteiger partial charge in [-0.1, -0.05) is 30.3 Å². The Morgan fingerprint density at radius 1 is 1.36 bits per heavy atom. The number of amides is 1. The molecule has 2 unspecified atom stereocenters. The molecule has 1 heterocycles. The first-order valence-electron chi connectivity index (χ1n) is 10.4. The summed E-state index contributed by atoms with van der Waals surface area (Å²) in [6.07, 6.45) is 2.58. The number of likely N-dealkylation sites (tertiary alicyclic amines) is 1. The predicted molar refractivity (Wildman–Crippen MR) is 116 cm³/mol. The Kier molecular flexibility index (Phi) is 8.30. The Morgan fingerprint density at radius 2 is 2.07 bits per heavy atom. The second-order valence-corrected chi connectivity index (χ2v) is 8.46. The molecule has 1 aliphatic heterocycles. The quantitative estimate of drug-likeness (QED) is 0.473. The molecule has 1 fully saturated rings. The van der Waals surface area contributed by atoms with Crippen molar-refractivity contribution in [3.8, 4) is 0 Å². The summed E-state index contributed by atoms with van der Waals surface area (Å²) in [4.78, 5) is 18.5. The molecule has 1 aliphatic rings. The van der Waals surface area contributed by atoms with Crippen molar-refractivity contribution in [2.45, 2.75) is 58.5 Å². The number of primary amides is 1. The maximum absolute atomic E-state index is 11.3. The van der Waals surface area contributed by atoms with Gasteiger partial charge in [-0.05, 0) is 52.0 Å². The van der Waals surface area contributed by atoms with Gasteiger partial charge in [0.05, 0.1) is 6.54 Å². The highest BCUT2D eigenvalue weighted by Gasteiger charge is 2.25. The number of guanidine groups is 1. The van der Waals surface area contributed by atoms with Crippen LogP contribution in [0.5, 0.6) is 0 Å². The van der Waals surface area contributed by atoms with Crippen molar-refractivity contribution in [1.82, 2.24) is 15.5 Å². The van der Waals surface area contributed by atoms with Crippen molar-refractivity contribution in [3.63, 3.8) is 0 Å². The summed E-state index contributed by atoms with van der Waals surface area (Å²) in [5.41, 5.74) is 6.54. The van der Waals surface area contributed by atoms with Gasteiger partial charge in [0, 0.05) is 37.6 Å². The Morgan fingerprint density at radius 3 is 2.71 bits per heavy atom. The summed E-state index contributed by atoms with van der Waals surface area (Å²) in [7, 11) is 0. The molecule has 1 aromatic carbocycles. The van der Waals surface area contributed by atoms with Crippen molar-refractivity contribution >= 4 is 11.9 Å². The highest BCUT2D eigenvalue weighted by atomic mass is 16.1. The molecule has 156 valence electrons. The average Bonchev–Trinajstić information content (AvgIpc) is 2.65. The minimum absolute atomic E-state index is 0.141. The fourth-order valence-corrected chi connectivity index (χ4v) is 3.86. The van der Waals surface area contributed by atoms with Gasteiger partial charge in [-0.3, -0.25) is 9.79 Å². The molecule has 0 radical (unpaired) electrons. The predicted octanol–water partition coefficient (Wildman–Crippen LogP) is 2.67. The molecule has 0 aliphatic carbocycles. The Bertz CT molecular complexity index is 644. The number of carbonyl (C=O) groups is 1. The van der Waals surface area contributed by atoms with Gasteiger partial charge in [0.25, 0.3) is 0 Å². The number of nitrogens with one attached hydrogen (secondary N) is 2. The van der Waals surface area contributed by atoms with Gasteiger partial charge in [-0.25, -0.2) is 0 Å². The van der Waals surface area contributed by atoms with Gasteiger partial charge in [0.15, 0.2) is 5.96 Å². The number of rotatable bonds is 8. The van der Waals surface area contributed by atoms with Gasteiger partial charge in [0.1, 0.15) is 0 Å². The first-order chi connectivity index (χ1) is 13.3. The number of nitrogens with two attached hydrogens (primary N) is 1. The van der Waals surface area contributed by atoms with E-state index in [1.54, 1.807) is 0 Å². The SMILES string of the molecule is CCNC(=NCC(C)(C)NC(C)c1ccccc1)N1CCCC(CC(N)=O)C1. The number of benzene rings is 1. The van der Waals surface area contributed by atoms with E-state index in [9.17, 15) is 4.79 Å². The lowest BCUT2D eigenvalue weighted by Crippen LogP contribution is -2.49. The van der Waals surface area contributed by atoms with Gasteiger partial charge in [-0.2, -0.15) is 0 Å². The van der Waals surface area contributed by atoms with E-state index in [0.717, 1.165) is 38.4 Å². The molecular formula is C22H37N5O. The number of aliphatic imine (C=N–C) groups is 1. The largest absolute Gasteiger partial charge is 0.370 e. The van der Waals surface area contributed by atoms with Crippen molar-refractivity contribution in [2.75, 3.05) is 26.2 Å². The van der Waals surface area contributed by atoms with Gasteiger partial charge >= 0.3 is 0 Å². The van der Waals surface area contributed by atoms with Crippen LogP contribution in [0.15, 0.2) is 35.3 Å². The third-order valence-electron chi connectivity index (χ3n) is 5.17. The zero-order chi connectivity index (χ0) is 20.6. The van der Waals surface area contributed by atoms with Crippen LogP contribution in [-0.4, -0.2) is 48.5 Å². The lowest BCUT2D eigenvalue weighted by Gasteiger charge is -2.35. The first-order valence-corrected chi connectivity index (χ1v) is 10.4. The molecule has 0 saturated carbocycles. The number of carbonyl (C=O) groups excluding carboxylic acids is 1. The van der Waals surface area contributed by atoms with Crippen molar-refractivity contribution in [2.24, 2.45) is 16.6 Å². The smallest absolute Gasteiger partial charge is 0.217 e. The second-order valence-electron chi connectivity index (χ2n) is 8.46. The summed E-state index contributed by atoms with van der Waals surface area (Å²) in [6.45, 7) is 11.9. The lowest BCUT2D eigenvalue weighted by atomic mass is 9.95. The van der Waals surface area contributed by atoms with E-state index in [0.29, 0.717) is 18.9 Å². The van der Waals surface area contributed by atoms with Crippen LogP contribution in [0, 0.1) is 5.92 Å². The van der Waals surface area contributed by atoms with Crippen LogP contribution in [0.4, 0.5) is 0 Å². The molecule has 6 nitrogen and oxygen atoms in total. The zero-order valence-electron chi connectivity index (χ0n) is 17.9. The number of hydrogen-bond donors (Lipinski definition) is 3. The average molecular weight is 388 g/mol. The molecule has 1 aromatic rings. The Balaban J connectivity index is 2.00. The van der Waals surface area contributed by atoms with Crippen LogP contribution in [0.2, 0.25) is 0 Å². The van der Waals surface area contributed by atoms with Gasteiger partial charge in [-0.15, -0.1) is 0 Å². The summed E-state index contributed by atoms with van der Waals surface area (Å²) in [5, 5.41) is 7.11. The van der Waals surface area contributed by atoms with E-state index in [4.69, 9.17) is 10.7 Å². The Hall–Kier alpha value is -2.08. The first kappa shape index (κ1) is 22.2. The van der Waals surface area contributed by atoms with Crippen LogP contribution in [-0.2, 0) is 4.79 Å². The minimum atomic E-state index is -0.214. The summed E-state index contributed by atoms with van der Waals surface area (Å²) in [5.74, 6) is 1.03. The molecule has 28 heavy (non-hydrogen) atoms. The fraction of sp³-hybridized carbons (Fsp3) is 0.636. The van der Waals surface area contributed by atoms with Crippen LogP contribution in [0.1, 0.15) is 58.6 Å². The van der Waals surface area contributed by atoms with Crippen molar-refractivity contribution < 1.29 is 4.79 Å². The number of nitrogens with zero attached hydrogens (tertiary/aromatic N) is 2. The molecule has 2 rings (SSSR count). The van der Waals surface area contributed by atoms with E-state index < -0.39 is 0 Å². The molecular weight excluding hydrogens is 350 g/mol. The summed E-state index contributed by atoms with van der Waals surface area (Å²) < 4.78 is 0. The Labute approximate surface area is 170 Å². The minimum Gasteiger partial charge on any atom is -0.370 e. The van der Waals surface area contributed by atoms with E-state index >= 15 is 0 Å². The highest BCUT2D eigenvalue weighted by molar-refractivity contribution is 5.80. The standard InChI is InChI=1S/C22H37N5O/c1-5-24-21(27-13-9-10-18(15-27)14-20(23)28)25-16-22(3,4)26-17(2)19-11-7-6-8-12-19/h6-8,11-12,17-18,26H,5,9-10,13-16H2,1-4H3,(H2,23,28)(H,24,25). The van der Waals surface area contributed by atoms with Crippen molar-refractivity contribution in [1.29, 1.82) is 0 Å². The van der Waals surface area contributed by atoms with Gasteiger partial charge < -0.3 is 21.3 Å². The van der Waals surface area contributed by atoms with Gasteiger partial charge in [0.2, 0.25) is 5.91 Å². The molecule has 0 bridgehead atoms. The monoisotopic (exact) mass is 387 g/mol. The summed E-state index contributed by atoms with van der Waals surface area (Å²) in [6, 6.07) is 10.7. The molecule has 0 spiro atoms. The maximum Gasteiger partial charge on any atom is 0.217 e. The van der Waals surface area contributed by atoms with Crippen LogP contribution >= 0.6 is 0 Å². The van der Waals surface area contributed by atoms with Crippen LogP contribution < -0.4 is 16.4 Å². The molecule has 6 heteroatoms. The molecule has 1 amide bonds. The zero-order valence-corrected chi connectivity index (χ0v) is 17.9. The fourth-order valence-electron chi connectivity index (χ4n) is 3.86. The number of piperidine rings is 1. The van der Waals surface area contributed by atoms with E-state index in [-0.39, 0.29) is 17.5 Å². The normalized spacial score (nSPS) is 19.4. The second kappa shape index (κ2) is 10.5. The number of hydrogen-bond acceptors (Lipinski definition) is 3. The molecule has 1 saturated heterocycles. The van der Waals surface area contributed by atoms with E-state index in [2.05, 4.69) is 67.5 Å². The van der Waals surface area contributed by atoms with Crippen molar-refractivity contribution in [3.05, 3.63) is 35.9 Å². The van der Waals surface area contributed by atoms with Crippen LogP contribution in [0.3, 0.4) is 0 Å². The molecule has 4 N–H and O–H groups in total. The van der Waals surface area contributed by atoms with Crippen LogP contribution in [0.25, 0.3) is 0 Å². The van der Waals surface area contributed by atoms with E-state index in [1.165, 1.54) is 5.56 Å². The molecule has 2 atom stereocenters. The third-order valence-corrected chi connectivity index (χ3v) is 5.17. The highest BCUT2D eigenvalue weighted by Crippen LogP contribution is 2.20. The van der Waals surface area contributed by atoms with E-state index in [1.807, 2.05) is 6.07 Å². The maximum atomic E-state index is 11.3. The lowest BCUT2D eigenvalue weighted by molar-refractivity contribution is -0.119. The molecule has 0 aromatic heterocycles. The summed E-state index contributed by atoms with van der Waals surface area (Å²) >= 11 is 0. The topological polar surface area (TPSA) is 82.8 Å². The third kappa shape index (κ3) is 7.15.